The van der Waals surface area contributed by atoms with Crippen molar-refractivity contribution in [3.05, 3.63) is 12.2 Å². The molecule has 0 aromatic rings. The van der Waals surface area contributed by atoms with E-state index in [-0.39, 0.29) is 0 Å². The van der Waals surface area contributed by atoms with Crippen LogP contribution in [-0.4, -0.2) is 18.2 Å². The quantitative estimate of drug-likeness (QED) is 0.391. The van der Waals surface area contributed by atoms with Crippen LogP contribution < -0.4 is 0 Å². The van der Waals surface area contributed by atoms with Crippen molar-refractivity contribution in [1.29, 1.82) is 0 Å². The maximum atomic E-state index is 10.5. The van der Waals surface area contributed by atoms with Crippen LogP contribution in [0.1, 0.15) is 13.3 Å². The average Bonchev–Trinajstić information content (AvgIpc) is 1.78. The predicted molar refractivity (Wildman–Crippen MR) is 41.1 cm³/mol. The van der Waals surface area contributed by atoms with Crippen molar-refractivity contribution in [2.75, 3.05) is 13.3 Å². The molecular formula is C6H13O3P. The van der Waals surface area contributed by atoms with E-state index in [1.54, 1.807) is 0 Å². The fourth-order valence-electron chi connectivity index (χ4n) is 0.457. The third kappa shape index (κ3) is 7.89. The highest BCUT2D eigenvalue weighted by atomic mass is 31.2. The minimum atomic E-state index is -3.24. The molecule has 3 nitrogen and oxygen atoms in total. The summed E-state index contributed by atoms with van der Waals surface area (Å²) in [6.45, 7) is 3.39. The standard InChI is InChI=1S/C6H13O3P/c1-3-4-5-6-9-10(2,7)8/h3-4H,5-6H2,1-2H3,(H,7,8). The summed E-state index contributed by atoms with van der Waals surface area (Å²) in [4.78, 5) is 8.63. The third-order valence-corrected chi connectivity index (χ3v) is 1.51. The van der Waals surface area contributed by atoms with E-state index in [2.05, 4.69) is 4.52 Å². The van der Waals surface area contributed by atoms with Crippen LogP contribution >= 0.6 is 7.60 Å². The second kappa shape index (κ2) is 4.67. The molecule has 0 aromatic heterocycles. The van der Waals surface area contributed by atoms with Crippen LogP contribution in [0.2, 0.25) is 0 Å². The smallest absolute Gasteiger partial charge is 0.324 e. The van der Waals surface area contributed by atoms with E-state index in [1.165, 1.54) is 6.66 Å². The zero-order chi connectivity index (χ0) is 8.04. The van der Waals surface area contributed by atoms with Crippen LogP contribution in [0.4, 0.5) is 0 Å². The molecule has 60 valence electrons. The lowest BCUT2D eigenvalue weighted by atomic mass is 10.4. The molecular weight excluding hydrogens is 151 g/mol. The van der Waals surface area contributed by atoms with Gasteiger partial charge in [0.1, 0.15) is 0 Å². The summed E-state index contributed by atoms with van der Waals surface area (Å²) >= 11 is 0. The molecule has 0 spiro atoms. The Hall–Kier alpha value is -0.110. The van der Waals surface area contributed by atoms with Gasteiger partial charge in [-0.15, -0.1) is 0 Å². The Balaban J connectivity index is 3.29. The van der Waals surface area contributed by atoms with E-state index >= 15 is 0 Å². The van der Waals surface area contributed by atoms with Crippen LogP contribution in [0.5, 0.6) is 0 Å². The van der Waals surface area contributed by atoms with Gasteiger partial charge in [-0.25, -0.2) is 0 Å². The Morgan fingerprint density at radius 1 is 1.70 bits per heavy atom. The molecule has 1 atom stereocenters. The van der Waals surface area contributed by atoms with Gasteiger partial charge in [-0.05, 0) is 13.3 Å². The van der Waals surface area contributed by atoms with Crippen molar-refractivity contribution in [2.45, 2.75) is 13.3 Å². The molecule has 0 heterocycles. The summed E-state index contributed by atoms with van der Waals surface area (Å²) in [5.41, 5.74) is 0. The molecule has 0 rings (SSSR count). The summed E-state index contributed by atoms with van der Waals surface area (Å²) in [7, 11) is -3.24. The zero-order valence-corrected chi connectivity index (χ0v) is 7.17. The van der Waals surface area contributed by atoms with E-state index in [4.69, 9.17) is 4.89 Å². The first-order valence-corrected chi connectivity index (χ1v) is 5.14. The van der Waals surface area contributed by atoms with Crippen LogP contribution in [0.3, 0.4) is 0 Å². The predicted octanol–water partition coefficient (Wildman–Crippen LogP) is 1.78. The van der Waals surface area contributed by atoms with Gasteiger partial charge in [0.05, 0.1) is 6.61 Å². The van der Waals surface area contributed by atoms with Gasteiger partial charge in [-0.1, -0.05) is 12.2 Å². The molecule has 4 heteroatoms. The normalized spacial score (nSPS) is 17.5. The van der Waals surface area contributed by atoms with E-state index < -0.39 is 7.60 Å². The first kappa shape index (κ1) is 9.89. The molecule has 0 saturated heterocycles. The maximum absolute atomic E-state index is 10.5. The SMILES string of the molecule is CC=CCCOP(C)(=O)O. The Morgan fingerprint density at radius 2 is 2.30 bits per heavy atom. The van der Waals surface area contributed by atoms with Crippen molar-refractivity contribution in [3.63, 3.8) is 0 Å². The molecule has 1 N–H and O–H groups in total. The monoisotopic (exact) mass is 164 g/mol. The molecule has 0 bridgehead atoms. The van der Waals surface area contributed by atoms with Gasteiger partial charge in [0.15, 0.2) is 0 Å². The first-order chi connectivity index (χ1) is 4.56. The van der Waals surface area contributed by atoms with Gasteiger partial charge in [0.25, 0.3) is 0 Å². The fourth-order valence-corrected chi connectivity index (χ4v) is 0.901. The lowest BCUT2D eigenvalue weighted by Crippen LogP contribution is -1.88. The van der Waals surface area contributed by atoms with Crippen LogP contribution in [0.15, 0.2) is 12.2 Å². The molecule has 10 heavy (non-hydrogen) atoms. The van der Waals surface area contributed by atoms with Crippen molar-refractivity contribution < 1.29 is 14.0 Å². The van der Waals surface area contributed by atoms with Gasteiger partial charge < -0.3 is 9.42 Å². The first-order valence-electron chi connectivity index (χ1n) is 3.12. The van der Waals surface area contributed by atoms with E-state index in [9.17, 15) is 4.57 Å². The summed E-state index contributed by atoms with van der Waals surface area (Å²) in [6.07, 6.45) is 4.45. The molecule has 0 saturated carbocycles. The highest BCUT2D eigenvalue weighted by molar-refractivity contribution is 7.51. The maximum Gasteiger partial charge on any atom is 0.325 e. The summed E-state index contributed by atoms with van der Waals surface area (Å²) in [6, 6.07) is 0. The molecule has 0 amide bonds. The highest BCUT2D eigenvalue weighted by Gasteiger charge is 2.07. The molecule has 0 aromatic carbocycles. The second-order valence-corrected chi connectivity index (χ2v) is 3.86. The fraction of sp³-hybridized carbons (Fsp3) is 0.667. The lowest BCUT2D eigenvalue weighted by molar-refractivity contribution is 0.270. The Morgan fingerprint density at radius 3 is 2.70 bits per heavy atom. The Kier molecular flexibility index (Phi) is 4.62. The molecule has 0 radical (unpaired) electrons. The largest absolute Gasteiger partial charge is 0.325 e. The van der Waals surface area contributed by atoms with Gasteiger partial charge in [-0.3, -0.25) is 4.57 Å². The molecule has 0 aliphatic carbocycles. The average molecular weight is 164 g/mol. The minimum Gasteiger partial charge on any atom is -0.324 e. The molecule has 0 aliphatic heterocycles. The number of allylic oxidation sites excluding steroid dienone is 1. The van der Waals surface area contributed by atoms with Gasteiger partial charge in [0.2, 0.25) is 0 Å². The lowest BCUT2D eigenvalue weighted by Gasteiger charge is -2.03. The zero-order valence-electron chi connectivity index (χ0n) is 6.28. The summed E-state index contributed by atoms with van der Waals surface area (Å²) < 4.78 is 15.1. The van der Waals surface area contributed by atoms with E-state index in [1.807, 2.05) is 19.1 Å². The van der Waals surface area contributed by atoms with Gasteiger partial charge >= 0.3 is 7.60 Å². The van der Waals surface area contributed by atoms with Crippen molar-refractivity contribution >= 4 is 7.60 Å². The van der Waals surface area contributed by atoms with E-state index in [0.717, 1.165) is 0 Å². The Labute approximate surface area is 61.2 Å². The number of hydrogen-bond donors (Lipinski definition) is 1. The topological polar surface area (TPSA) is 46.5 Å². The number of hydrogen-bond acceptors (Lipinski definition) is 2. The third-order valence-electron chi connectivity index (χ3n) is 0.851. The van der Waals surface area contributed by atoms with Crippen molar-refractivity contribution in [2.24, 2.45) is 0 Å². The van der Waals surface area contributed by atoms with Crippen LogP contribution in [-0.2, 0) is 9.09 Å². The van der Waals surface area contributed by atoms with Crippen molar-refractivity contribution in [3.8, 4) is 0 Å². The second-order valence-electron chi connectivity index (χ2n) is 1.99. The van der Waals surface area contributed by atoms with Gasteiger partial charge in [-0.2, -0.15) is 0 Å². The van der Waals surface area contributed by atoms with E-state index in [0.29, 0.717) is 13.0 Å². The highest BCUT2D eigenvalue weighted by Crippen LogP contribution is 2.36. The Bertz CT molecular complexity index is 147. The number of rotatable bonds is 4. The van der Waals surface area contributed by atoms with Crippen LogP contribution in [0.25, 0.3) is 0 Å². The molecule has 1 unspecified atom stereocenters. The van der Waals surface area contributed by atoms with Crippen molar-refractivity contribution in [1.82, 2.24) is 0 Å². The van der Waals surface area contributed by atoms with Crippen LogP contribution in [0, 0.1) is 0 Å². The molecule has 0 fully saturated rings. The summed E-state index contributed by atoms with van der Waals surface area (Å²) in [5.74, 6) is 0. The minimum absolute atomic E-state index is 0.314. The summed E-state index contributed by atoms with van der Waals surface area (Å²) in [5, 5.41) is 0. The molecule has 0 aliphatic rings. The van der Waals surface area contributed by atoms with Gasteiger partial charge in [0, 0.05) is 6.66 Å².